The number of likely N-dealkylation sites (tertiary alicyclic amines) is 1. The maximum absolute atomic E-state index is 11.8. The first kappa shape index (κ1) is 15.8. The lowest BCUT2D eigenvalue weighted by molar-refractivity contribution is -0.145. The number of nitrogens with zero attached hydrogens (tertiary/aromatic N) is 1. The molecule has 22 heavy (non-hydrogen) atoms. The Morgan fingerprint density at radius 3 is 2.45 bits per heavy atom. The number of piperidine rings is 1. The highest BCUT2D eigenvalue weighted by molar-refractivity contribution is 6.34. The first-order chi connectivity index (χ1) is 10.5. The molecule has 1 aliphatic rings. The Hall–Kier alpha value is -2.57. The van der Waals surface area contributed by atoms with E-state index < -0.39 is 11.8 Å². The fraction of sp³-hybridized carbons (Fsp3) is 0.400. The van der Waals surface area contributed by atoms with E-state index in [1.54, 1.807) is 31.3 Å². The highest BCUT2D eigenvalue weighted by Gasteiger charge is 2.27. The van der Waals surface area contributed by atoms with Gasteiger partial charge >= 0.3 is 11.8 Å². The quantitative estimate of drug-likeness (QED) is 0.761. The molecule has 1 heterocycles. The van der Waals surface area contributed by atoms with E-state index in [2.05, 4.69) is 5.32 Å². The number of primary amides is 1. The fourth-order valence-electron chi connectivity index (χ4n) is 2.40. The maximum atomic E-state index is 11.8. The van der Waals surface area contributed by atoms with E-state index in [1.165, 1.54) is 4.90 Å². The minimum Gasteiger partial charge on any atom is -0.489 e. The summed E-state index contributed by atoms with van der Waals surface area (Å²) in [5, 5.41) is 2.57. The Balaban J connectivity index is 1.98. The first-order valence-corrected chi connectivity index (χ1v) is 7.09. The van der Waals surface area contributed by atoms with Gasteiger partial charge in [0.2, 0.25) is 0 Å². The second-order valence-electron chi connectivity index (χ2n) is 5.05. The van der Waals surface area contributed by atoms with Gasteiger partial charge in [0.15, 0.2) is 0 Å². The van der Waals surface area contributed by atoms with Gasteiger partial charge in [0, 0.05) is 33.0 Å². The average molecular weight is 305 g/mol. The van der Waals surface area contributed by atoms with Crippen LogP contribution in [0.15, 0.2) is 24.3 Å². The van der Waals surface area contributed by atoms with Gasteiger partial charge in [0.25, 0.3) is 5.91 Å². The van der Waals surface area contributed by atoms with Crippen molar-refractivity contribution < 1.29 is 19.1 Å². The molecule has 0 aromatic heterocycles. The number of hydrogen-bond acceptors (Lipinski definition) is 4. The molecule has 3 N–H and O–H groups in total. The maximum Gasteiger partial charge on any atom is 0.311 e. The molecule has 0 unspecified atom stereocenters. The molecule has 7 heteroatoms. The molecule has 0 radical (unpaired) electrons. The zero-order chi connectivity index (χ0) is 16.1. The molecule has 7 nitrogen and oxygen atoms in total. The van der Waals surface area contributed by atoms with E-state index in [1.807, 2.05) is 0 Å². The minimum atomic E-state index is -0.940. The number of carbonyl (C=O) groups is 3. The molecule has 2 rings (SSSR count). The van der Waals surface area contributed by atoms with Crippen LogP contribution in [0.1, 0.15) is 23.2 Å². The van der Waals surface area contributed by atoms with E-state index in [0.717, 1.165) is 0 Å². The van der Waals surface area contributed by atoms with Crippen LogP contribution in [0.2, 0.25) is 0 Å². The van der Waals surface area contributed by atoms with E-state index in [9.17, 15) is 14.4 Å². The Labute approximate surface area is 128 Å². The summed E-state index contributed by atoms with van der Waals surface area (Å²) in [6.45, 7) is 0.823. The van der Waals surface area contributed by atoms with Crippen LogP contribution < -0.4 is 15.8 Å². The molecule has 1 aromatic carbocycles. The first-order valence-electron chi connectivity index (χ1n) is 7.09. The number of nitrogens with one attached hydrogen (secondary N) is 1. The predicted molar refractivity (Wildman–Crippen MR) is 79.3 cm³/mol. The Morgan fingerprint density at radius 1 is 1.23 bits per heavy atom. The third-order valence-corrected chi connectivity index (χ3v) is 3.59. The summed E-state index contributed by atoms with van der Waals surface area (Å²) < 4.78 is 5.88. The third-order valence-electron chi connectivity index (χ3n) is 3.59. The van der Waals surface area contributed by atoms with Crippen molar-refractivity contribution in [3.05, 3.63) is 29.8 Å². The molecular weight excluding hydrogens is 286 g/mol. The predicted octanol–water partition coefficient (Wildman–Crippen LogP) is -0.0987. The number of nitrogens with two attached hydrogens (primary N) is 1. The van der Waals surface area contributed by atoms with Crippen molar-refractivity contribution in [2.75, 3.05) is 20.1 Å². The van der Waals surface area contributed by atoms with Gasteiger partial charge in [-0.2, -0.15) is 0 Å². The second-order valence-corrected chi connectivity index (χ2v) is 5.05. The lowest BCUT2D eigenvalue weighted by Gasteiger charge is -2.31. The van der Waals surface area contributed by atoms with Gasteiger partial charge in [0.1, 0.15) is 11.9 Å². The van der Waals surface area contributed by atoms with Crippen molar-refractivity contribution in [3.8, 4) is 5.75 Å². The minimum absolute atomic E-state index is 0.109. The number of carbonyl (C=O) groups excluding carboxylic acids is 3. The van der Waals surface area contributed by atoms with Gasteiger partial charge in [-0.15, -0.1) is 0 Å². The van der Waals surface area contributed by atoms with Crippen LogP contribution in [0.5, 0.6) is 5.75 Å². The van der Waals surface area contributed by atoms with Gasteiger partial charge in [-0.3, -0.25) is 14.4 Å². The molecular formula is C15H19N3O4. The third kappa shape index (κ3) is 3.55. The summed E-state index contributed by atoms with van der Waals surface area (Å²) in [6.07, 6.45) is 1.06. The number of para-hydroxylation sites is 1. The van der Waals surface area contributed by atoms with Gasteiger partial charge in [-0.1, -0.05) is 12.1 Å². The summed E-state index contributed by atoms with van der Waals surface area (Å²) in [5.41, 5.74) is 5.46. The van der Waals surface area contributed by atoms with Gasteiger partial charge in [-0.05, 0) is 12.1 Å². The van der Waals surface area contributed by atoms with Crippen molar-refractivity contribution in [1.82, 2.24) is 10.2 Å². The smallest absolute Gasteiger partial charge is 0.311 e. The van der Waals surface area contributed by atoms with Crippen LogP contribution >= 0.6 is 0 Å². The summed E-state index contributed by atoms with van der Waals surface area (Å²) in [4.78, 5) is 35.6. The summed E-state index contributed by atoms with van der Waals surface area (Å²) in [5.74, 6) is -1.30. The van der Waals surface area contributed by atoms with E-state index in [4.69, 9.17) is 10.5 Å². The molecule has 0 bridgehead atoms. The largest absolute Gasteiger partial charge is 0.489 e. The molecule has 118 valence electrons. The Morgan fingerprint density at radius 2 is 1.86 bits per heavy atom. The SMILES string of the molecule is CNC(=O)c1ccccc1OC1CCN(C(=O)C(N)=O)CC1. The van der Waals surface area contributed by atoms with Crippen molar-refractivity contribution >= 4 is 17.7 Å². The molecule has 0 atom stereocenters. The Kier molecular flexibility index (Phi) is 4.98. The van der Waals surface area contributed by atoms with Crippen LogP contribution in [-0.4, -0.2) is 48.9 Å². The van der Waals surface area contributed by atoms with E-state index in [-0.39, 0.29) is 12.0 Å². The molecule has 1 aliphatic heterocycles. The van der Waals surface area contributed by atoms with Gasteiger partial charge in [-0.25, -0.2) is 0 Å². The zero-order valence-electron chi connectivity index (χ0n) is 12.4. The lowest BCUT2D eigenvalue weighted by atomic mass is 10.1. The molecule has 1 fully saturated rings. The lowest BCUT2D eigenvalue weighted by Crippen LogP contribution is -2.46. The van der Waals surface area contributed by atoms with Crippen LogP contribution in [0.3, 0.4) is 0 Å². The summed E-state index contributed by atoms with van der Waals surface area (Å²) in [7, 11) is 1.56. The normalized spacial score (nSPS) is 15.2. The fourth-order valence-corrected chi connectivity index (χ4v) is 2.40. The standard InChI is InChI=1S/C15H19N3O4/c1-17-14(20)11-4-2-3-5-12(11)22-10-6-8-18(9-7-10)15(21)13(16)19/h2-5,10H,6-9H2,1H3,(H2,16,19)(H,17,20). The van der Waals surface area contributed by atoms with Gasteiger partial charge in [0.05, 0.1) is 5.56 Å². The summed E-state index contributed by atoms with van der Waals surface area (Å²) in [6, 6.07) is 7.00. The van der Waals surface area contributed by atoms with Crippen LogP contribution in [0.4, 0.5) is 0 Å². The van der Waals surface area contributed by atoms with Crippen LogP contribution in [0, 0.1) is 0 Å². The van der Waals surface area contributed by atoms with Crippen molar-refractivity contribution in [2.45, 2.75) is 18.9 Å². The van der Waals surface area contributed by atoms with Gasteiger partial charge < -0.3 is 20.7 Å². The second kappa shape index (κ2) is 6.93. The molecule has 0 saturated carbocycles. The molecule has 1 aromatic rings. The zero-order valence-corrected chi connectivity index (χ0v) is 12.4. The number of hydrogen-bond donors (Lipinski definition) is 2. The highest BCUT2D eigenvalue weighted by Crippen LogP contribution is 2.23. The number of benzene rings is 1. The number of amides is 3. The van der Waals surface area contributed by atoms with Crippen molar-refractivity contribution in [1.29, 1.82) is 0 Å². The van der Waals surface area contributed by atoms with Crippen LogP contribution in [0.25, 0.3) is 0 Å². The highest BCUT2D eigenvalue weighted by atomic mass is 16.5. The van der Waals surface area contributed by atoms with E-state index >= 15 is 0 Å². The van der Waals surface area contributed by atoms with E-state index in [0.29, 0.717) is 37.2 Å². The van der Waals surface area contributed by atoms with Crippen molar-refractivity contribution in [2.24, 2.45) is 5.73 Å². The number of ether oxygens (including phenoxy) is 1. The monoisotopic (exact) mass is 305 g/mol. The molecule has 0 spiro atoms. The summed E-state index contributed by atoms with van der Waals surface area (Å²) >= 11 is 0. The van der Waals surface area contributed by atoms with Crippen molar-refractivity contribution in [3.63, 3.8) is 0 Å². The number of rotatable bonds is 3. The topological polar surface area (TPSA) is 102 Å². The molecule has 1 saturated heterocycles. The Bertz CT molecular complexity index is 580. The molecule has 0 aliphatic carbocycles. The van der Waals surface area contributed by atoms with Crippen LogP contribution in [-0.2, 0) is 9.59 Å². The average Bonchev–Trinajstić information content (AvgIpc) is 2.54. The molecule has 3 amide bonds.